The number of ether oxygens (including phenoxy) is 1. The lowest BCUT2D eigenvalue weighted by atomic mass is 10.0. The Kier molecular flexibility index (Phi) is 2.97. The van der Waals surface area contributed by atoms with E-state index in [0.717, 1.165) is 11.1 Å². The van der Waals surface area contributed by atoms with Crippen molar-refractivity contribution in [2.24, 2.45) is 0 Å². The largest absolute Gasteiger partial charge is 0.508 e. The lowest BCUT2D eigenvalue weighted by Crippen LogP contribution is -1.84. The summed E-state index contributed by atoms with van der Waals surface area (Å²) in [7, 11) is 1.55. The van der Waals surface area contributed by atoms with E-state index >= 15 is 0 Å². The number of hydrogen-bond donors (Lipinski definition) is 1. The minimum absolute atomic E-state index is 0.156. The van der Waals surface area contributed by atoms with E-state index in [1.807, 2.05) is 18.2 Å². The molecule has 3 nitrogen and oxygen atoms in total. The molecule has 2 aromatic carbocycles. The third-order valence-electron chi connectivity index (χ3n) is 2.47. The third-order valence-corrected chi connectivity index (χ3v) is 2.47. The van der Waals surface area contributed by atoms with Crippen LogP contribution in [0.2, 0.25) is 0 Å². The van der Waals surface area contributed by atoms with Crippen LogP contribution in [0.5, 0.6) is 11.5 Å². The number of phenols is 1. The Morgan fingerprint density at radius 2 is 1.76 bits per heavy atom. The molecule has 0 saturated heterocycles. The zero-order valence-corrected chi connectivity index (χ0v) is 9.34. The van der Waals surface area contributed by atoms with Gasteiger partial charge in [-0.3, -0.25) is 0 Å². The van der Waals surface area contributed by atoms with Gasteiger partial charge in [-0.15, -0.1) is 0 Å². The van der Waals surface area contributed by atoms with Crippen molar-refractivity contribution in [2.75, 3.05) is 7.11 Å². The van der Waals surface area contributed by atoms with Crippen LogP contribution in [-0.4, -0.2) is 12.2 Å². The highest BCUT2D eigenvalue weighted by atomic mass is 16.5. The molecule has 0 aliphatic rings. The van der Waals surface area contributed by atoms with Gasteiger partial charge in [-0.2, -0.15) is 5.26 Å². The average molecular weight is 225 g/mol. The zero-order valence-electron chi connectivity index (χ0n) is 9.34. The van der Waals surface area contributed by atoms with E-state index in [1.165, 1.54) is 0 Å². The van der Waals surface area contributed by atoms with Gasteiger partial charge in [0.1, 0.15) is 11.5 Å². The molecule has 1 N–H and O–H groups in total. The summed E-state index contributed by atoms with van der Waals surface area (Å²) in [5.41, 5.74) is 2.39. The SMILES string of the molecule is COc1cc(O)cc(-c2ccc(C#N)cc2)c1. The Morgan fingerprint density at radius 3 is 2.35 bits per heavy atom. The summed E-state index contributed by atoms with van der Waals surface area (Å²) < 4.78 is 5.09. The molecule has 2 aromatic rings. The van der Waals surface area contributed by atoms with Crippen molar-refractivity contribution in [3.8, 4) is 28.7 Å². The quantitative estimate of drug-likeness (QED) is 0.854. The summed E-state index contributed by atoms with van der Waals surface area (Å²) >= 11 is 0. The molecule has 17 heavy (non-hydrogen) atoms. The molecule has 0 aromatic heterocycles. The van der Waals surface area contributed by atoms with E-state index in [2.05, 4.69) is 6.07 Å². The molecular weight excluding hydrogens is 214 g/mol. The summed E-state index contributed by atoms with van der Waals surface area (Å²) in [5, 5.41) is 18.3. The van der Waals surface area contributed by atoms with E-state index in [4.69, 9.17) is 10.00 Å². The predicted molar refractivity (Wildman–Crippen MR) is 64.8 cm³/mol. The van der Waals surface area contributed by atoms with Gasteiger partial charge in [-0.05, 0) is 35.4 Å². The standard InChI is InChI=1S/C14H11NO2/c1-17-14-7-12(6-13(16)8-14)11-4-2-10(9-15)3-5-11/h2-8,16H,1H3. The highest BCUT2D eigenvalue weighted by molar-refractivity contribution is 5.67. The fourth-order valence-corrected chi connectivity index (χ4v) is 1.61. The van der Waals surface area contributed by atoms with Crippen LogP contribution >= 0.6 is 0 Å². The van der Waals surface area contributed by atoms with Crippen molar-refractivity contribution < 1.29 is 9.84 Å². The number of hydrogen-bond acceptors (Lipinski definition) is 3. The molecule has 0 heterocycles. The number of rotatable bonds is 2. The molecule has 0 bridgehead atoms. The van der Waals surface area contributed by atoms with Crippen LogP contribution in [-0.2, 0) is 0 Å². The van der Waals surface area contributed by atoms with Gasteiger partial charge in [0.25, 0.3) is 0 Å². The maximum atomic E-state index is 9.55. The molecule has 0 aliphatic heterocycles. The van der Waals surface area contributed by atoms with Crippen LogP contribution in [0, 0.1) is 11.3 Å². The Balaban J connectivity index is 2.45. The van der Waals surface area contributed by atoms with Crippen molar-refractivity contribution in [1.82, 2.24) is 0 Å². The second kappa shape index (κ2) is 4.58. The molecule has 0 saturated carbocycles. The molecule has 3 heteroatoms. The number of benzene rings is 2. The molecule has 0 atom stereocenters. The first kappa shape index (κ1) is 11.0. The van der Waals surface area contributed by atoms with Gasteiger partial charge in [0.15, 0.2) is 0 Å². The minimum atomic E-state index is 0.156. The highest BCUT2D eigenvalue weighted by Crippen LogP contribution is 2.29. The third kappa shape index (κ3) is 2.37. The second-order valence-corrected chi connectivity index (χ2v) is 3.61. The fraction of sp³-hybridized carbons (Fsp3) is 0.0714. The molecule has 0 radical (unpaired) electrons. The lowest BCUT2D eigenvalue weighted by molar-refractivity contribution is 0.408. The molecule has 0 amide bonds. The smallest absolute Gasteiger partial charge is 0.123 e. The molecule has 0 spiro atoms. The topological polar surface area (TPSA) is 53.2 Å². The van der Waals surface area contributed by atoms with Gasteiger partial charge in [-0.1, -0.05) is 12.1 Å². The van der Waals surface area contributed by atoms with Crippen molar-refractivity contribution in [3.63, 3.8) is 0 Å². The first-order valence-corrected chi connectivity index (χ1v) is 5.11. The van der Waals surface area contributed by atoms with Crippen LogP contribution in [0.3, 0.4) is 0 Å². The van der Waals surface area contributed by atoms with E-state index < -0.39 is 0 Å². The Hall–Kier alpha value is -2.47. The van der Waals surface area contributed by atoms with Gasteiger partial charge in [0.05, 0.1) is 18.7 Å². The van der Waals surface area contributed by atoms with E-state index in [1.54, 1.807) is 31.4 Å². The van der Waals surface area contributed by atoms with Crippen LogP contribution in [0.1, 0.15) is 5.56 Å². The Bertz CT molecular complexity index is 568. The van der Waals surface area contributed by atoms with Crippen LogP contribution in [0.25, 0.3) is 11.1 Å². The number of nitrogens with zero attached hydrogens (tertiary/aromatic N) is 1. The van der Waals surface area contributed by atoms with Crippen molar-refractivity contribution >= 4 is 0 Å². The molecule has 0 aliphatic carbocycles. The van der Waals surface area contributed by atoms with E-state index in [9.17, 15) is 5.11 Å². The molecule has 2 rings (SSSR count). The summed E-state index contributed by atoms with van der Waals surface area (Å²) in [5.74, 6) is 0.757. The Morgan fingerprint density at radius 1 is 1.06 bits per heavy atom. The van der Waals surface area contributed by atoms with Crippen LogP contribution < -0.4 is 4.74 Å². The van der Waals surface area contributed by atoms with Gasteiger partial charge in [-0.25, -0.2) is 0 Å². The Labute approximate surface area is 99.5 Å². The fourth-order valence-electron chi connectivity index (χ4n) is 1.61. The van der Waals surface area contributed by atoms with Gasteiger partial charge in [0.2, 0.25) is 0 Å². The predicted octanol–water partition coefficient (Wildman–Crippen LogP) is 2.94. The number of nitriles is 1. The van der Waals surface area contributed by atoms with Crippen molar-refractivity contribution in [1.29, 1.82) is 5.26 Å². The monoisotopic (exact) mass is 225 g/mol. The molecule has 84 valence electrons. The number of aromatic hydroxyl groups is 1. The summed E-state index contributed by atoms with van der Waals surface area (Å²) in [6.45, 7) is 0. The maximum absolute atomic E-state index is 9.55. The number of methoxy groups -OCH3 is 1. The van der Waals surface area contributed by atoms with Crippen molar-refractivity contribution in [2.45, 2.75) is 0 Å². The lowest BCUT2D eigenvalue weighted by Gasteiger charge is -2.06. The summed E-state index contributed by atoms with van der Waals surface area (Å²) in [6.07, 6.45) is 0. The first-order chi connectivity index (χ1) is 8.22. The van der Waals surface area contributed by atoms with Crippen LogP contribution in [0.4, 0.5) is 0 Å². The molecule has 0 fully saturated rings. The minimum Gasteiger partial charge on any atom is -0.508 e. The van der Waals surface area contributed by atoms with E-state index in [-0.39, 0.29) is 5.75 Å². The van der Waals surface area contributed by atoms with Gasteiger partial charge in [0, 0.05) is 6.07 Å². The average Bonchev–Trinajstić information content (AvgIpc) is 2.38. The normalized spacial score (nSPS) is 9.65. The van der Waals surface area contributed by atoms with E-state index in [0.29, 0.717) is 11.3 Å². The zero-order chi connectivity index (χ0) is 12.3. The summed E-state index contributed by atoms with van der Waals surface area (Å²) in [4.78, 5) is 0. The maximum Gasteiger partial charge on any atom is 0.123 e. The molecular formula is C14H11NO2. The van der Waals surface area contributed by atoms with Gasteiger partial charge < -0.3 is 9.84 Å². The highest BCUT2D eigenvalue weighted by Gasteiger charge is 2.03. The van der Waals surface area contributed by atoms with Gasteiger partial charge >= 0.3 is 0 Å². The van der Waals surface area contributed by atoms with Crippen molar-refractivity contribution in [3.05, 3.63) is 48.0 Å². The summed E-state index contributed by atoms with van der Waals surface area (Å²) in [6, 6.07) is 14.3. The number of phenolic OH excluding ortho intramolecular Hbond substituents is 1. The second-order valence-electron chi connectivity index (χ2n) is 3.61. The first-order valence-electron chi connectivity index (χ1n) is 5.11. The molecule has 0 unspecified atom stereocenters. The van der Waals surface area contributed by atoms with Crippen LogP contribution in [0.15, 0.2) is 42.5 Å².